The minimum absolute atomic E-state index is 0.112. The van der Waals surface area contributed by atoms with Crippen molar-refractivity contribution in [2.24, 2.45) is 0 Å². The summed E-state index contributed by atoms with van der Waals surface area (Å²) in [6.07, 6.45) is 3.55. The van der Waals surface area contributed by atoms with E-state index in [0.717, 1.165) is 51.1 Å². The lowest BCUT2D eigenvalue weighted by Gasteiger charge is -2.38. The van der Waals surface area contributed by atoms with Crippen molar-refractivity contribution in [2.75, 3.05) is 36.0 Å². The van der Waals surface area contributed by atoms with Crippen molar-refractivity contribution in [1.29, 1.82) is 0 Å². The zero-order chi connectivity index (χ0) is 21.1. The van der Waals surface area contributed by atoms with E-state index in [1.807, 2.05) is 36.4 Å². The first-order valence-corrected chi connectivity index (χ1v) is 10.8. The van der Waals surface area contributed by atoms with Gasteiger partial charge in [0.1, 0.15) is 5.75 Å². The summed E-state index contributed by atoms with van der Waals surface area (Å²) >= 11 is 0. The molecule has 1 atom stereocenters. The summed E-state index contributed by atoms with van der Waals surface area (Å²) in [4.78, 5) is 31.5. The number of hydrogen-bond donors (Lipinski definition) is 1. The minimum atomic E-state index is -0.376. The van der Waals surface area contributed by atoms with E-state index < -0.39 is 0 Å². The number of aromatic hydroxyl groups is 1. The molecule has 0 radical (unpaired) electrons. The SMILES string of the molecule is CCCCc1ccc(N2C(=O)C[C@@H](N3CCN(c4ccc(O)cc4)CC3)C2=O)cc1. The van der Waals surface area contributed by atoms with Crippen molar-refractivity contribution < 1.29 is 14.7 Å². The average Bonchev–Trinajstić information content (AvgIpc) is 3.07. The van der Waals surface area contributed by atoms with E-state index in [1.165, 1.54) is 10.5 Å². The number of carbonyl (C=O) groups excluding carboxylic acids is 2. The molecule has 0 aliphatic carbocycles. The van der Waals surface area contributed by atoms with Crippen molar-refractivity contribution in [3.8, 4) is 5.75 Å². The van der Waals surface area contributed by atoms with Gasteiger partial charge in [0.05, 0.1) is 18.2 Å². The Bertz CT molecular complexity index is 887. The number of piperazine rings is 1. The molecule has 2 fully saturated rings. The van der Waals surface area contributed by atoms with Crippen LogP contribution in [0.5, 0.6) is 5.75 Å². The first kappa shape index (κ1) is 20.4. The Hall–Kier alpha value is -2.86. The van der Waals surface area contributed by atoms with Crippen molar-refractivity contribution in [1.82, 2.24) is 4.90 Å². The number of carbonyl (C=O) groups is 2. The number of phenolic OH excluding ortho intramolecular Hbond substituents is 1. The highest BCUT2D eigenvalue weighted by Gasteiger charge is 2.43. The molecule has 2 aliphatic heterocycles. The highest BCUT2D eigenvalue weighted by Crippen LogP contribution is 2.28. The summed E-state index contributed by atoms with van der Waals surface area (Å²) in [7, 11) is 0. The van der Waals surface area contributed by atoms with Crippen molar-refractivity contribution in [3.63, 3.8) is 0 Å². The van der Waals surface area contributed by atoms with Crippen LogP contribution in [0.25, 0.3) is 0 Å². The Kier molecular flexibility index (Phi) is 6.04. The lowest BCUT2D eigenvalue weighted by Crippen LogP contribution is -2.52. The Labute approximate surface area is 177 Å². The second-order valence-electron chi connectivity index (χ2n) is 8.10. The molecule has 0 unspecified atom stereocenters. The molecule has 2 aliphatic rings. The monoisotopic (exact) mass is 407 g/mol. The van der Waals surface area contributed by atoms with Crippen LogP contribution in [0, 0.1) is 0 Å². The van der Waals surface area contributed by atoms with Crippen LogP contribution in [0.3, 0.4) is 0 Å². The molecule has 0 spiro atoms. The lowest BCUT2D eigenvalue weighted by atomic mass is 10.1. The van der Waals surface area contributed by atoms with E-state index in [-0.39, 0.29) is 30.0 Å². The van der Waals surface area contributed by atoms with Gasteiger partial charge in [0.2, 0.25) is 5.91 Å². The first-order chi connectivity index (χ1) is 14.6. The van der Waals surface area contributed by atoms with Crippen LogP contribution in [0.1, 0.15) is 31.7 Å². The highest BCUT2D eigenvalue weighted by molar-refractivity contribution is 6.22. The Morgan fingerprint density at radius 2 is 1.53 bits per heavy atom. The van der Waals surface area contributed by atoms with Crippen LogP contribution in [-0.2, 0) is 16.0 Å². The molecular weight excluding hydrogens is 378 g/mol. The normalized spacial score (nSPS) is 20.2. The zero-order valence-electron chi connectivity index (χ0n) is 17.5. The molecule has 158 valence electrons. The molecule has 0 saturated carbocycles. The van der Waals surface area contributed by atoms with Crippen LogP contribution in [-0.4, -0.2) is 54.0 Å². The van der Waals surface area contributed by atoms with Gasteiger partial charge in [-0.05, 0) is 54.8 Å². The standard InChI is InChI=1S/C24H29N3O3/c1-2-3-4-18-5-7-20(8-6-18)27-23(29)17-22(24(27)30)26-15-13-25(14-16-26)19-9-11-21(28)12-10-19/h5-12,22,28H,2-4,13-17H2,1H3/t22-/m1/s1. The average molecular weight is 408 g/mol. The third-order valence-corrected chi connectivity index (χ3v) is 6.11. The third kappa shape index (κ3) is 4.19. The Balaban J connectivity index is 1.39. The molecule has 6 heteroatoms. The fourth-order valence-corrected chi connectivity index (χ4v) is 4.32. The van der Waals surface area contributed by atoms with E-state index in [2.05, 4.69) is 16.7 Å². The van der Waals surface area contributed by atoms with Gasteiger partial charge in [-0.15, -0.1) is 0 Å². The van der Waals surface area contributed by atoms with Crippen LogP contribution in [0.15, 0.2) is 48.5 Å². The van der Waals surface area contributed by atoms with Crippen molar-refractivity contribution in [3.05, 3.63) is 54.1 Å². The fourth-order valence-electron chi connectivity index (χ4n) is 4.32. The van der Waals surface area contributed by atoms with Gasteiger partial charge in [0, 0.05) is 31.9 Å². The van der Waals surface area contributed by atoms with Crippen LogP contribution < -0.4 is 9.80 Å². The molecule has 2 aromatic rings. The Morgan fingerprint density at radius 1 is 0.900 bits per heavy atom. The number of amides is 2. The fraction of sp³-hybridized carbons (Fsp3) is 0.417. The van der Waals surface area contributed by atoms with Crippen LogP contribution in [0.2, 0.25) is 0 Å². The lowest BCUT2D eigenvalue weighted by molar-refractivity contribution is -0.123. The molecule has 2 aromatic carbocycles. The number of nitrogens with zero attached hydrogens (tertiary/aromatic N) is 3. The molecule has 0 aromatic heterocycles. The van der Waals surface area contributed by atoms with E-state index in [4.69, 9.17) is 0 Å². The summed E-state index contributed by atoms with van der Waals surface area (Å²) < 4.78 is 0. The number of aryl methyl sites for hydroxylation is 1. The number of unbranched alkanes of at least 4 members (excludes halogenated alkanes) is 1. The van der Waals surface area contributed by atoms with Crippen LogP contribution in [0.4, 0.5) is 11.4 Å². The molecule has 1 N–H and O–H groups in total. The van der Waals surface area contributed by atoms with Gasteiger partial charge in [0.15, 0.2) is 0 Å². The number of hydrogen-bond acceptors (Lipinski definition) is 5. The van der Waals surface area contributed by atoms with Crippen molar-refractivity contribution >= 4 is 23.2 Å². The molecular formula is C24H29N3O3. The summed E-state index contributed by atoms with van der Waals surface area (Å²) in [6, 6.07) is 14.6. The number of anilines is 2. The molecule has 6 nitrogen and oxygen atoms in total. The van der Waals surface area contributed by atoms with E-state index in [9.17, 15) is 14.7 Å². The van der Waals surface area contributed by atoms with E-state index in [1.54, 1.807) is 12.1 Å². The summed E-state index contributed by atoms with van der Waals surface area (Å²) in [5, 5.41) is 9.47. The van der Waals surface area contributed by atoms with E-state index in [0.29, 0.717) is 5.69 Å². The molecule has 2 amide bonds. The number of imide groups is 1. The highest BCUT2D eigenvalue weighted by atomic mass is 16.3. The maximum Gasteiger partial charge on any atom is 0.251 e. The number of phenols is 1. The molecule has 2 heterocycles. The largest absolute Gasteiger partial charge is 0.508 e. The van der Waals surface area contributed by atoms with Gasteiger partial charge in [0.25, 0.3) is 5.91 Å². The topological polar surface area (TPSA) is 64.1 Å². The predicted octanol–water partition coefficient (Wildman–Crippen LogP) is 3.19. The molecule has 2 saturated heterocycles. The van der Waals surface area contributed by atoms with Gasteiger partial charge in [-0.2, -0.15) is 0 Å². The van der Waals surface area contributed by atoms with Gasteiger partial charge >= 0.3 is 0 Å². The summed E-state index contributed by atoms with van der Waals surface area (Å²) in [5.74, 6) is 0.0256. The maximum absolute atomic E-state index is 13.1. The van der Waals surface area contributed by atoms with Gasteiger partial charge < -0.3 is 10.0 Å². The summed E-state index contributed by atoms with van der Waals surface area (Å²) in [5.41, 5.74) is 2.98. The minimum Gasteiger partial charge on any atom is -0.508 e. The second-order valence-corrected chi connectivity index (χ2v) is 8.10. The maximum atomic E-state index is 13.1. The smallest absolute Gasteiger partial charge is 0.251 e. The number of benzene rings is 2. The first-order valence-electron chi connectivity index (χ1n) is 10.8. The quantitative estimate of drug-likeness (QED) is 0.745. The Morgan fingerprint density at radius 3 is 2.17 bits per heavy atom. The number of rotatable bonds is 6. The zero-order valence-corrected chi connectivity index (χ0v) is 17.5. The summed E-state index contributed by atoms with van der Waals surface area (Å²) in [6.45, 7) is 5.20. The molecule has 30 heavy (non-hydrogen) atoms. The van der Waals surface area contributed by atoms with E-state index >= 15 is 0 Å². The molecule has 4 rings (SSSR count). The van der Waals surface area contributed by atoms with Crippen LogP contribution >= 0.6 is 0 Å². The molecule has 0 bridgehead atoms. The predicted molar refractivity (Wildman–Crippen MR) is 118 cm³/mol. The van der Waals surface area contributed by atoms with Gasteiger partial charge in [-0.3, -0.25) is 14.5 Å². The van der Waals surface area contributed by atoms with Gasteiger partial charge in [-0.25, -0.2) is 4.90 Å². The van der Waals surface area contributed by atoms with Crippen molar-refractivity contribution in [2.45, 2.75) is 38.6 Å². The third-order valence-electron chi connectivity index (χ3n) is 6.11. The second kappa shape index (κ2) is 8.88. The van der Waals surface area contributed by atoms with Gasteiger partial charge in [-0.1, -0.05) is 25.5 Å².